The number of likely N-dealkylation sites (tertiary alicyclic amines) is 1. The average Bonchev–Trinajstić information content (AvgIpc) is 3.32. The van der Waals surface area contributed by atoms with Gasteiger partial charge in [0.15, 0.2) is 12.6 Å². The van der Waals surface area contributed by atoms with Crippen LogP contribution >= 0.6 is 0 Å². The van der Waals surface area contributed by atoms with E-state index in [4.69, 9.17) is 37.9 Å². The molecule has 0 spiro atoms. The largest absolute Gasteiger partial charge is 0.508 e. The van der Waals surface area contributed by atoms with E-state index in [0.29, 0.717) is 39.3 Å². The minimum absolute atomic E-state index is 0.0555. The zero-order chi connectivity index (χ0) is 47.3. The lowest BCUT2D eigenvalue weighted by atomic mass is 9.99. The lowest BCUT2D eigenvalue weighted by Crippen LogP contribution is -2.37. The highest BCUT2D eigenvalue weighted by Crippen LogP contribution is 2.17. The number of hydrogen-bond acceptors (Lipinski definition) is 12. The summed E-state index contributed by atoms with van der Waals surface area (Å²) in [6, 6.07) is 0. The Kier molecular flexibility index (Phi) is 41.3. The third kappa shape index (κ3) is 37.7. The van der Waals surface area contributed by atoms with E-state index >= 15 is 0 Å². The molecule has 1 saturated heterocycles. The standard InChI is InChI=1S/C53H93NO11/c1-6-11-15-19-23-27-38-58-51(59-39-28-24-20-16-12-7-2)35-33-49(55)62-44-48(46-65-53(57)64-43-47-32-31-37-54(10-5)42-47)45-63-50(56)34-36-52(60-40-29-25-21-17-13-8-3)61-41-30-26-22-18-14-9-4/h23-30,47-48,51-52H,6-22,31-46H2,1-5H3/b27-23+,28-24+,29-25+,30-26+. The van der Waals surface area contributed by atoms with Crippen molar-refractivity contribution in [3.05, 3.63) is 48.6 Å². The van der Waals surface area contributed by atoms with Crippen LogP contribution in [-0.2, 0) is 47.5 Å². The van der Waals surface area contributed by atoms with Gasteiger partial charge >= 0.3 is 18.1 Å². The van der Waals surface area contributed by atoms with E-state index in [9.17, 15) is 14.4 Å². The molecule has 1 fully saturated rings. The monoisotopic (exact) mass is 920 g/mol. The van der Waals surface area contributed by atoms with Crippen molar-refractivity contribution in [3.63, 3.8) is 0 Å². The zero-order valence-electron chi connectivity index (χ0n) is 41.7. The Morgan fingerprint density at radius 1 is 0.523 bits per heavy atom. The number of carbonyl (C=O) groups is 3. The third-order valence-electron chi connectivity index (χ3n) is 11.1. The molecule has 1 rings (SSSR count). The number of ether oxygens (including phenoxy) is 8. The summed E-state index contributed by atoms with van der Waals surface area (Å²) in [6.45, 7) is 15.2. The van der Waals surface area contributed by atoms with Gasteiger partial charge in [-0.15, -0.1) is 0 Å². The Bertz CT molecular complexity index is 1130. The molecule has 0 amide bonds. The van der Waals surface area contributed by atoms with Crippen molar-refractivity contribution in [1.82, 2.24) is 4.90 Å². The van der Waals surface area contributed by atoms with Crippen LogP contribution in [-0.4, -0.2) is 108 Å². The summed E-state index contributed by atoms with van der Waals surface area (Å²) in [7, 11) is 0. The summed E-state index contributed by atoms with van der Waals surface area (Å²) in [5.74, 6) is -1.28. The first-order chi connectivity index (χ1) is 31.8. The van der Waals surface area contributed by atoms with Gasteiger partial charge in [-0.3, -0.25) is 9.59 Å². The highest BCUT2D eigenvalue weighted by Gasteiger charge is 2.23. The normalized spacial score (nSPS) is 14.9. The first kappa shape index (κ1) is 60.0. The van der Waals surface area contributed by atoms with Gasteiger partial charge in [-0.1, -0.05) is 135 Å². The van der Waals surface area contributed by atoms with E-state index in [0.717, 1.165) is 83.8 Å². The van der Waals surface area contributed by atoms with E-state index in [-0.39, 0.29) is 45.2 Å². The molecule has 1 aliphatic rings. The van der Waals surface area contributed by atoms with Gasteiger partial charge < -0.3 is 42.8 Å². The number of allylic oxidation sites excluding steroid dienone is 4. The van der Waals surface area contributed by atoms with E-state index in [2.05, 4.69) is 63.8 Å². The summed E-state index contributed by atoms with van der Waals surface area (Å²) < 4.78 is 46.3. The van der Waals surface area contributed by atoms with Crippen molar-refractivity contribution in [2.24, 2.45) is 11.8 Å². The predicted molar refractivity (Wildman–Crippen MR) is 261 cm³/mol. The Labute approximate surface area is 395 Å². The SMILES string of the molecule is CCCCC/C=C/COC(CCC(=O)OCC(COC(=O)CCC(OC/C=C/CCCCC)OC/C=C/CCCCC)COC(=O)OCC1CCCN(CC)C1)OC/C=C/CCCCC. The Hall–Kier alpha value is -3.03. The van der Waals surface area contributed by atoms with E-state index in [1.807, 2.05) is 24.3 Å². The third-order valence-corrected chi connectivity index (χ3v) is 11.1. The molecule has 65 heavy (non-hydrogen) atoms. The van der Waals surface area contributed by atoms with Crippen LogP contribution in [0.2, 0.25) is 0 Å². The van der Waals surface area contributed by atoms with Crippen LogP contribution in [0.1, 0.15) is 176 Å². The number of hydrogen-bond donors (Lipinski definition) is 0. The van der Waals surface area contributed by atoms with Crippen LogP contribution < -0.4 is 0 Å². The maximum Gasteiger partial charge on any atom is 0.508 e. The fourth-order valence-electron chi connectivity index (χ4n) is 7.04. The summed E-state index contributed by atoms with van der Waals surface area (Å²) in [4.78, 5) is 41.3. The van der Waals surface area contributed by atoms with Gasteiger partial charge in [0.2, 0.25) is 0 Å². The first-order valence-electron chi connectivity index (χ1n) is 25.7. The molecule has 0 saturated carbocycles. The maximum atomic E-state index is 13.1. The molecule has 0 aromatic carbocycles. The Morgan fingerprint density at radius 3 is 1.31 bits per heavy atom. The molecular weight excluding hydrogens is 827 g/mol. The molecule has 1 heterocycles. The molecule has 0 aromatic rings. The van der Waals surface area contributed by atoms with Crippen molar-refractivity contribution in [2.75, 3.05) is 72.5 Å². The van der Waals surface area contributed by atoms with Crippen LogP contribution in [0.3, 0.4) is 0 Å². The highest BCUT2D eigenvalue weighted by atomic mass is 16.7. The van der Waals surface area contributed by atoms with E-state index in [1.165, 1.54) is 51.4 Å². The Balaban J connectivity index is 2.85. The highest BCUT2D eigenvalue weighted by molar-refractivity contribution is 5.70. The van der Waals surface area contributed by atoms with Crippen molar-refractivity contribution in [2.45, 2.75) is 188 Å². The minimum atomic E-state index is -0.798. The van der Waals surface area contributed by atoms with Crippen molar-refractivity contribution < 1.29 is 52.3 Å². The number of rotatable bonds is 43. The molecule has 376 valence electrons. The zero-order valence-corrected chi connectivity index (χ0v) is 41.7. The molecule has 12 nitrogen and oxygen atoms in total. The van der Waals surface area contributed by atoms with E-state index in [1.54, 1.807) is 0 Å². The maximum absolute atomic E-state index is 13.1. The second kappa shape index (κ2) is 44.8. The fraction of sp³-hybridized carbons (Fsp3) is 0.792. The first-order valence-corrected chi connectivity index (χ1v) is 25.7. The molecule has 0 bridgehead atoms. The summed E-state index contributed by atoms with van der Waals surface area (Å²) in [6.07, 6.45) is 35.4. The number of nitrogens with zero attached hydrogens (tertiary/aromatic N) is 1. The molecule has 1 unspecified atom stereocenters. The van der Waals surface area contributed by atoms with Crippen LogP contribution in [0.15, 0.2) is 48.6 Å². The lowest BCUT2D eigenvalue weighted by Gasteiger charge is -2.31. The summed E-state index contributed by atoms with van der Waals surface area (Å²) >= 11 is 0. The average molecular weight is 920 g/mol. The van der Waals surface area contributed by atoms with Gasteiger partial charge in [0.25, 0.3) is 0 Å². The van der Waals surface area contributed by atoms with Crippen LogP contribution in [0.5, 0.6) is 0 Å². The number of piperidine rings is 1. The minimum Gasteiger partial charge on any atom is -0.465 e. The summed E-state index contributed by atoms with van der Waals surface area (Å²) in [5, 5.41) is 0. The number of carbonyl (C=O) groups excluding carboxylic acids is 3. The number of esters is 2. The van der Waals surface area contributed by atoms with Gasteiger partial charge in [-0.05, 0) is 77.3 Å². The molecule has 0 radical (unpaired) electrons. The lowest BCUT2D eigenvalue weighted by molar-refractivity contribution is -0.158. The van der Waals surface area contributed by atoms with Gasteiger partial charge in [-0.25, -0.2) is 4.79 Å². The quantitative estimate of drug-likeness (QED) is 0.0190. The van der Waals surface area contributed by atoms with E-state index < -0.39 is 36.6 Å². The predicted octanol–water partition coefficient (Wildman–Crippen LogP) is 12.4. The van der Waals surface area contributed by atoms with Crippen molar-refractivity contribution in [1.29, 1.82) is 0 Å². The molecule has 1 aliphatic heterocycles. The van der Waals surface area contributed by atoms with Gasteiger partial charge in [0, 0.05) is 25.3 Å². The molecule has 0 aliphatic carbocycles. The molecular formula is C53H93NO11. The van der Waals surface area contributed by atoms with Gasteiger partial charge in [0.1, 0.15) is 19.8 Å². The summed E-state index contributed by atoms with van der Waals surface area (Å²) in [5.41, 5.74) is 0. The smallest absolute Gasteiger partial charge is 0.465 e. The van der Waals surface area contributed by atoms with Crippen molar-refractivity contribution >= 4 is 18.1 Å². The fourth-order valence-corrected chi connectivity index (χ4v) is 7.04. The van der Waals surface area contributed by atoms with Crippen molar-refractivity contribution in [3.8, 4) is 0 Å². The van der Waals surface area contributed by atoms with Gasteiger partial charge in [-0.2, -0.15) is 0 Å². The van der Waals surface area contributed by atoms with Crippen LogP contribution in [0.4, 0.5) is 4.79 Å². The molecule has 12 heteroatoms. The van der Waals surface area contributed by atoms with Crippen LogP contribution in [0, 0.1) is 11.8 Å². The second-order valence-corrected chi connectivity index (χ2v) is 17.1. The topological polar surface area (TPSA) is 128 Å². The molecule has 0 N–H and O–H groups in total. The number of unbranched alkanes of at least 4 members (excludes halogenated alkanes) is 12. The molecule has 0 aromatic heterocycles. The van der Waals surface area contributed by atoms with Gasteiger partial charge in [0.05, 0.1) is 51.8 Å². The molecule has 1 atom stereocenters. The van der Waals surface area contributed by atoms with Crippen LogP contribution in [0.25, 0.3) is 0 Å². The Morgan fingerprint density at radius 2 is 0.923 bits per heavy atom. The second-order valence-electron chi connectivity index (χ2n) is 17.1.